The summed E-state index contributed by atoms with van der Waals surface area (Å²) in [6.07, 6.45) is 28.3. The van der Waals surface area contributed by atoms with Crippen LogP contribution in [0.3, 0.4) is 0 Å². The Morgan fingerprint density at radius 2 is 1.39 bits per heavy atom. The van der Waals surface area contributed by atoms with Gasteiger partial charge < -0.3 is 24.7 Å². The molecule has 0 bridgehead atoms. The van der Waals surface area contributed by atoms with Crippen LogP contribution in [0.25, 0.3) is 22.3 Å². The zero-order valence-corrected chi connectivity index (χ0v) is 28.9. The molecule has 8 nitrogen and oxygen atoms in total. The zero-order chi connectivity index (χ0) is 34.9. The third-order valence-electron chi connectivity index (χ3n) is 7.48. The molecule has 2 aromatic carbocycles. The molecule has 3 aromatic rings. The van der Waals surface area contributed by atoms with Crippen LogP contribution in [0, 0.1) is 0 Å². The first-order valence-corrected chi connectivity index (χ1v) is 17.3. The van der Waals surface area contributed by atoms with Crippen LogP contribution in [0.15, 0.2) is 125 Å². The Bertz CT molecular complexity index is 1640. The Hall–Kier alpha value is -4.95. The van der Waals surface area contributed by atoms with Crippen molar-refractivity contribution in [1.29, 1.82) is 0 Å². The Labute approximate surface area is 290 Å². The smallest absolute Gasteiger partial charge is 0.412 e. The van der Waals surface area contributed by atoms with Crippen LogP contribution >= 0.6 is 0 Å². The predicted molar refractivity (Wildman–Crippen MR) is 201 cm³/mol. The molecule has 0 aliphatic carbocycles. The summed E-state index contributed by atoms with van der Waals surface area (Å²) in [5.41, 5.74) is 1.00. The minimum atomic E-state index is -0.612. The number of nitrogens with zero attached hydrogens (tertiary/aromatic N) is 1. The molecule has 2 N–H and O–H groups in total. The summed E-state index contributed by atoms with van der Waals surface area (Å²) in [6.45, 7) is 4.28. The van der Waals surface area contributed by atoms with E-state index in [2.05, 4.69) is 78.3 Å². The fourth-order valence-electron chi connectivity index (χ4n) is 4.77. The minimum Gasteiger partial charge on any atom is -0.456 e. The SMILES string of the molecule is CC/C=C\C/C=C\C/C=C\C/C=C\C/C=C\CCCC(=O)NCCN(C)CCNC(=O)Oc1ccc2oc(-c3ccccc3)cc(=O)c2c1. The highest BCUT2D eigenvalue weighted by atomic mass is 16.6. The molecule has 0 saturated heterocycles. The zero-order valence-electron chi connectivity index (χ0n) is 28.9. The molecule has 0 aliphatic heterocycles. The van der Waals surface area contributed by atoms with Gasteiger partial charge in [-0.25, -0.2) is 4.79 Å². The second kappa shape index (κ2) is 23.4. The summed E-state index contributed by atoms with van der Waals surface area (Å²) >= 11 is 0. The van der Waals surface area contributed by atoms with Crippen molar-refractivity contribution in [1.82, 2.24) is 15.5 Å². The molecule has 8 heteroatoms. The lowest BCUT2D eigenvalue weighted by Gasteiger charge is -2.17. The number of nitrogens with one attached hydrogen (secondary N) is 2. The van der Waals surface area contributed by atoms with E-state index in [1.165, 1.54) is 12.1 Å². The number of unbranched alkanes of at least 4 members (excludes halogenated alkanes) is 1. The van der Waals surface area contributed by atoms with Crippen molar-refractivity contribution < 1.29 is 18.7 Å². The maximum Gasteiger partial charge on any atom is 0.412 e. The quantitative estimate of drug-likeness (QED) is 0.0874. The first-order chi connectivity index (χ1) is 24.0. The molecule has 0 radical (unpaired) electrons. The maximum absolute atomic E-state index is 12.7. The van der Waals surface area contributed by atoms with Crippen molar-refractivity contribution in [3.05, 3.63) is 126 Å². The standard InChI is InChI=1S/C41H51N3O5/c1-3-4-5-6-7-8-9-10-11-12-13-14-15-16-17-18-22-25-40(46)42-28-30-44(2)31-29-43-41(47)48-35-26-27-38-36(32-35)37(45)33-39(49-38)34-23-20-19-21-24-34/h4-5,7-8,10-11,13-14,16-17,19-21,23-24,26-27,32-33H,3,6,9,12,15,18,22,25,28-31H2,1-2H3,(H,42,46)(H,43,47)/b5-4-,8-7-,11-10-,14-13-,17-16-. The second-order valence-electron chi connectivity index (χ2n) is 11.6. The number of benzene rings is 2. The van der Waals surface area contributed by atoms with Gasteiger partial charge in [0.05, 0.1) is 5.39 Å². The number of amides is 2. The van der Waals surface area contributed by atoms with Gasteiger partial charge in [-0.3, -0.25) is 9.59 Å². The lowest BCUT2D eigenvalue weighted by atomic mass is 10.1. The molecule has 0 fully saturated rings. The van der Waals surface area contributed by atoms with E-state index >= 15 is 0 Å². The van der Waals surface area contributed by atoms with Gasteiger partial charge in [0.25, 0.3) is 0 Å². The summed E-state index contributed by atoms with van der Waals surface area (Å²) in [5.74, 6) is 0.774. The average molecular weight is 666 g/mol. The molecule has 0 atom stereocenters. The Balaban J connectivity index is 1.20. The van der Waals surface area contributed by atoms with E-state index in [1.54, 1.807) is 12.1 Å². The fourth-order valence-corrected chi connectivity index (χ4v) is 4.77. The summed E-state index contributed by atoms with van der Waals surface area (Å²) in [5, 5.41) is 6.01. The molecular weight excluding hydrogens is 614 g/mol. The van der Waals surface area contributed by atoms with E-state index in [1.807, 2.05) is 42.3 Å². The molecular formula is C41H51N3O5. The van der Waals surface area contributed by atoms with Crippen LogP contribution in [-0.2, 0) is 4.79 Å². The Kier molecular flexibility index (Phi) is 18.4. The van der Waals surface area contributed by atoms with Crippen molar-refractivity contribution in [2.75, 3.05) is 33.2 Å². The van der Waals surface area contributed by atoms with Crippen LogP contribution in [0.4, 0.5) is 4.79 Å². The van der Waals surface area contributed by atoms with Crippen molar-refractivity contribution >= 4 is 23.0 Å². The van der Waals surface area contributed by atoms with Gasteiger partial charge in [0.1, 0.15) is 17.1 Å². The number of rotatable bonds is 21. The Morgan fingerprint density at radius 3 is 2.04 bits per heavy atom. The van der Waals surface area contributed by atoms with Crippen LogP contribution in [-0.4, -0.2) is 50.1 Å². The molecule has 49 heavy (non-hydrogen) atoms. The van der Waals surface area contributed by atoms with Crippen molar-refractivity contribution in [3.63, 3.8) is 0 Å². The monoisotopic (exact) mass is 665 g/mol. The van der Waals surface area contributed by atoms with Gasteiger partial charge in [0.15, 0.2) is 5.43 Å². The molecule has 0 saturated carbocycles. The van der Waals surface area contributed by atoms with Crippen molar-refractivity contribution in [2.24, 2.45) is 0 Å². The predicted octanol–water partition coefficient (Wildman–Crippen LogP) is 8.52. The lowest BCUT2D eigenvalue weighted by molar-refractivity contribution is -0.121. The van der Waals surface area contributed by atoms with Crippen LogP contribution < -0.4 is 20.8 Å². The van der Waals surface area contributed by atoms with Crippen molar-refractivity contribution in [3.8, 4) is 17.1 Å². The van der Waals surface area contributed by atoms with E-state index in [0.717, 1.165) is 50.5 Å². The first kappa shape index (κ1) is 38.5. The number of likely N-dealkylation sites (N-methyl/N-ethyl adjacent to an activating group) is 1. The molecule has 2 amide bonds. The molecule has 260 valence electrons. The molecule has 1 aromatic heterocycles. The van der Waals surface area contributed by atoms with Crippen molar-refractivity contribution in [2.45, 2.75) is 58.3 Å². The maximum atomic E-state index is 12.7. The summed E-state index contributed by atoms with van der Waals surface area (Å²) in [6, 6.07) is 15.6. The van der Waals surface area contributed by atoms with Gasteiger partial charge in [-0.1, -0.05) is 98.0 Å². The number of allylic oxidation sites excluding steroid dienone is 10. The van der Waals surface area contributed by atoms with Gasteiger partial charge in [-0.2, -0.15) is 0 Å². The van der Waals surface area contributed by atoms with Gasteiger partial charge in [-0.05, 0) is 70.2 Å². The highest BCUT2D eigenvalue weighted by Gasteiger charge is 2.11. The normalized spacial score (nSPS) is 12.1. The van der Waals surface area contributed by atoms with Gasteiger partial charge in [0, 0.05) is 44.2 Å². The molecule has 0 aliphatic rings. The van der Waals surface area contributed by atoms with E-state index < -0.39 is 6.09 Å². The minimum absolute atomic E-state index is 0.0446. The molecule has 3 rings (SSSR count). The van der Waals surface area contributed by atoms with Crippen LogP contribution in [0.1, 0.15) is 58.3 Å². The second-order valence-corrected chi connectivity index (χ2v) is 11.6. The average Bonchev–Trinajstić information content (AvgIpc) is 3.10. The Morgan fingerprint density at radius 1 is 0.776 bits per heavy atom. The number of hydrogen-bond donors (Lipinski definition) is 2. The van der Waals surface area contributed by atoms with Crippen LogP contribution in [0.2, 0.25) is 0 Å². The van der Waals surface area contributed by atoms with E-state index in [-0.39, 0.29) is 17.1 Å². The highest BCUT2D eigenvalue weighted by Crippen LogP contribution is 2.24. The summed E-state index contributed by atoms with van der Waals surface area (Å²) < 4.78 is 11.3. The number of fused-ring (bicyclic) bond motifs is 1. The number of ether oxygens (including phenoxy) is 1. The third-order valence-corrected chi connectivity index (χ3v) is 7.48. The number of hydrogen-bond acceptors (Lipinski definition) is 6. The van der Waals surface area contributed by atoms with E-state index in [4.69, 9.17) is 9.15 Å². The summed E-state index contributed by atoms with van der Waals surface area (Å²) in [7, 11) is 1.92. The van der Waals surface area contributed by atoms with E-state index in [0.29, 0.717) is 49.3 Å². The van der Waals surface area contributed by atoms with Crippen LogP contribution in [0.5, 0.6) is 5.75 Å². The largest absolute Gasteiger partial charge is 0.456 e. The van der Waals surface area contributed by atoms with Gasteiger partial charge in [-0.15, -0.1) is 0 Å². The fraction of sp³-hybridized carbons (Fsp3) is 0.341. The topological polar surface area (TPSA) is 101 Å². The third kappa shape index (κ3) is 16.1. The van der Waals surface area contributed by atoms with Gasteiger partial charge >= 0.3 is 6.09 Å². The molecule has 0 unspecified atom stereocenters. The summed E-state index contributed by atoms with van der Waals surface area (Å²) in [4.78, 5) is 39.2. The highest BCUT2D eigenvalue weighted by molar-refractivity contribution is 5.81. The first-order valence-electron chi connectivity index (χ1n) is 17.3. The number of carbonyl (C=O) groups excluding carboxylic acids is 2. The molecule has 1 heterocycles. The van der Waals surface area contributed by atoms with Gasteiger partial charge in [0.2, 0.25) is 5.91 Å². The number of carbonyl (C=O) groups is 2. The molecule has 0 spiro atoms. The van der Waals surface area contributed by atoms with E-state index in [9.17, 15) is 14.4 Å². The lowest BCUT2D eigenvalue weighted by Crippen LogP contribution is -2.38.